The Hall–Kier alpha value is -2.28. The van der Waals surface area contributed by atoms with Crippen molar-refractivity contribution in [2.45, 2.75) is 31.4 Å². The van der Waals surface area contributed by atoms with Crippen LogP contribution in [0.2, 0.25) is 0 Å². The zero-order chi connectivity index (χ0) is 15.7. The van der Waals surface area contributed by atoms with Crippen molar-refractivity contribution in [1.29, 1.82) is 0 Å². The van der Waals surface area contributed by atoms with Gasteiger partial charge in [-0.15, -0.1) is 0 Å². The number of nitrogens with two attached hydrogens (primary N) is 1. The van der Waals surface area contributed by atoms with Gasteiger partial charge in [-0.3, -0.25) is 0 Å². The zero-order valence-corrected chi connectivity index (χ0v) is 11.8. The molecule has 1 fully saturated rings. The van der Waals surface area contributed by atoms with Gasteiger partial charge in [0.05, 0.1) is 11.8 Å². The van der Waals surface area contributed by atoms with Crippen molar-refractivity contribution in [1.82, 2.24) is 9.97 Å². The predicted molar refractivity (Wildman–Crippen MR) is 78.1 cm³/mol. The summed E-state index contributed by atoms with van der Waals surface area (Å²) in [6.07, 6.45) is 1.02. The molecule has 22 heavy (non-hydrogen) atoms. The van der Waals surface area contributed by atoms with Crippen molar-refractivity contribution >= 4 is 11.8 Å². The highest BCUT2D eigenvalue weighted by molar-refractivity contribution is 5.42. The molecule has 2 aromatic rings. The van der Waals surface area contributed by atoms with Gasteiger partial charge in [-0.2, -0.15) is 4.98 Å². The number of anilines is 2. The molecule has 1 heterocycles. The molecule has 5 nitrogen and oxygen atoms in total. The van der Waals surface area contributed by atoms with Crippen LogP contribution in [0.25, 0.3) is 0 Å². The molecule has 1 saturated carbocycles. The van der Waals surface area contributed by atoms with E-state index in [-0.39, 0.29) is 24.5 Å². The number of hydrogen-bond donors (Lipinski definition) is 3. The quantitative estimate of drug-likeness (QED) is 0.806. The summed E-state index contributed by atoms with van der Waals surface area (Å²) in [5, 5.41) is 12.3. The largest absolute Gasteiger partial charge is 0.393 e. The minimum absolute atomic E-state index is 0.126. The first-order chi connectivity index (χ1) is 10.5. The molecule has 1 aromatic heterocycles. The topological polar surface area (TPSA) is 84.1 Å². The summed E-state index contributed by atoms with van der Waals surface area (Å²) in [4.78, 5) is 8.22. The van der Waals surface area contributed by atoms with Gasteiger partial charge in [0, 0.05) is 30.2 Å². The lowest BCUT2D eigenvalue weighted by molar-refractivity contribution is 0.0732. The Labute approximate surface area is 126 Å². The second kappa shape index (κ2) is 5.84. The van der Waals surface area contributed by atoms with Gasteiger partial charge in [-0.05, 0) is 18.9 Å². The number of aromatic nitrogens is 2. The van der Waals surface area contributed by atoms with Crippen molar-refractivity contribution in [3.63, 3.8) is 0 Å². The summed E-state index contributed by atoms with van der Waals surface area (Å²) < 4.78 is 26.4. The Morgan fingerprint density at radius 2 is 2.00 bits per heavy atom. The van der Waals surface area contributed by atoms with Crippen LogP contribution in [0, 0.1) is 11.6 Å². The van der Waals surface area contributed by atoms with E-state index in [0.29, 0.717) is 24.2 Å². The summed E-state index contributed by atoms with van der Waals surface area (Å²) in [5.41, 5.74) is 6.78. The standard InChI is InChI=1S/C15H16F2N4O/c16-10-2-1-8(12(17)5-10)7-19-14-6-13(20-15(18)21-14)9-3-11(22)4-9/h1-2,5-6,9,11,22H,3-4,7H2,(H3,18,19,20,21). The van der Waals surface area contributed by atoms with E-state index in [4.69, 9.17) is 5.73 Å². The Kier molecular flexibility index (Phi) is 3.89. The van der Waals surface area contributed by atoms with Gasteiger partial charge in [0.2, 0.25) is 5.95 Å². The first kappa shape index (κ1) is 14.6. The lowest BCUT2D eigenvalue weighted by atomic mass is 9.80. The smallest absolute Gasteiger partial charge is 0.222 e. The number of aliphatic hydroxyl groups excluding tert-OH is 1. The van der Waals surface area contributed by atoms with E-state index in [1.54, 1.807) is 6.07 Å². The molecule has 116 valence electrons. The van der Waals surface area contributed by atoms with Crippen LogP contribution in [-0.4, -0.2) is 21.2 Å². The highest BCUT2D eigenvalue weighted by atomic mass is 19.1. The van der Waals surface area contributed by atoms with Crippen LogP contribution in [0.1, 0.15) is 30.0 Å². The Bertz CT molecular complexity index is 689. The second-order valence-electron chi connectivity index (χ2n) is 5.45. The molecule has 0 amide bonds. The van der Waals surface area contributed by atoms with E-state index in [2.05, 4.69) is 15.3 Å². The molecule has 1 aliphatic carbocycles. The maximum atomic E-state index is 13.6. The van der Waals surface area contributed by atoms with Crippen molar-refractivity contribution in [3.05, 3.63) is 47.2 Å². The molecule has 1 aromatic carbocycles. The molecule has 1 aliphatic rings. The molecule has 4 N–H and O–H groups in total. The van der Waals surface area contributed by atoms with E-state index in [1.807, 2.05) is 0 Å². The lowest BCUT2D eigenvalue weighted by Gasteiger charge is -2.30. The third kappa shape index (κ3) is 3.14. The SMILES string of the molecule is Nc1nc(NCc2ccc(F)cc2F)cc(C2CC(O)C2)n1. The van der Waals surface area contributed by atoms with E-state index < -0.39 is 11.6 Å². The zero-order valence-electron chi connectivity index (χ0n) is 11.8. The van der Waals surface area contributed by atoms with Crippen molar-refractivity contribution < 1.29 is 13.9 Å². The molecule has 0 aliphatic heterocycles. The number of halogens is 2. The van der Waals surface area contributed by atoms with Gasteiger partial charge in [0.15, 0.2) is 0 Å². The number of nitrogen functional groups attached to an aromatic ring is 1. The van der Waals surface area contributed by atoms with E-state index in [9.17, 15) is 13.9 Å². The van der Waals surface area contributed by atoms with Gasteiger partial charge in [0.25, 0.3) is 0 Å². The Morgan fingerprint density at radius 3 is 2.68 bits per heavy atom. The second-order valence-corrected chi connectivity index (χ2v) is 5.45. The summed E-state index contributed by atoms with van der Waals surface area (Å²) >= 11 is 0. The molecule has 0 bridgehead atoms. The molecule has 0 unspecified atom stereocenters. The number of nitrogens with zero attached hydrogens (tertiary/aromatic N) is 2. The molecule has 0 atom stereocenters. The number of aliphatic hydroxyl groups is 1. The molecule has 0 radical (unpaired) electrons. The summed E-state index contributed by atoms with van der Waals surface area (Å²) in [6, 6.07) is 5.17. The van der Waals surface area contributed by atoms with Gasteiger partial charge < -0.3 is 16.2 Å². The monoisotopic (exact) mass is 306 g/mol. The minimum atomic E-state index is -0.614. The van der Waals surface area contributed by atoms with Crippen molar-refractivity contribution in [2.24, 2.45) is 0 Å². The average molecular weight is 306 g/mol. The number of benzene rings is 1. The van der Waals surface area contributed by atoms with Crippen LogP contribution in [0.4, 0.5) is 20.5 Å². The van der Waals surface area contributed by atoms with Gasteiger partial charge in [0.1, 0.15) is 17.5 Å². The van der Waals surface area contributed by atoms with Crippen molar-refractivity contribution in [2.75, 3.05) is 11.1 Å². The first-order valence-corrected chi connectivity index (χ1v) is 7.01. The highest BCUT2D eigenvalue weighted by Gasteiger charge is 2.30. The molecule has 7 heteroatoms. The van der Waals surface area contributed by atoms with E-state index >= 15 is 0 Å². The molecule has 0 spiro atoms. The molecule has 0 saturated heterocycles. The maximum Gasteiger partial charge on any atom is 0.222 e. The van der Waals surface area contributed by atoms with Crippen LogP contribution < -0.4 is 11.1 Å². The van der Waals surface area contributed by atoms with Crippen LogP contribution in [0.5, 0.6) is 0 Å². The number of nitrogens with one attached hydrogen (secondary N) is 1. The fourth-order valence-electron chi connectivity index (χ4n) is 2.47. The van der Waals surface area contributed by atoms with Crippen LogP contribution in [0.15, 0.2) is 24.3 Å². The summed E-state index contributed by atoms with van der Waals surface area (Å²) in [7, 11) is 0. The maximum absolute atomic E-state index is 13.6. The van der Waals surface area contributed by atoms with Crippen molar-refractivity contribution in [3.8, 4) is 0 Å². The van der Waals surface area contributed by atoms with Crippen LogP contribution in [-0.2, 0) is 6.54 Å². The fourth-order valence-corrected chi connectivity index (χ4v) is 2.47. The van der Waals surface area contributed by atoms with E-state index in [0.717, 1.165) is 11.8 Å². The highest BCUT2D eigenvalue weighted by Crippen LogP contribution is 2.36. The third-order valence-corrected chi connectivity index (χ3v) is 3.77. The summed E-state index contributed by atoms with van der Waals surface area (Å²) in [6.45, 7) is 0.162. The van der Waals surface area contributed by atoms with E-state index in [1.165, 1.54) is 12.1 Å². The van der Waals surface area contributed by atoms with Crippen LogP contribution in [0.3, 0.4) is 0 Å². The van der Waals surface area contributed by atoms with Gasteiger partial charge in [-0.1, -0.05) is 6.07 Å². The molecule has 3 rings (SSSR count). The Balaban J connectivity index is 1.72. The summed E-state index contributed by atoms with van der Waals surface area (Å²) in [5.74, 6) is -0.452. The third-order valence-electron chi connectivity index (χ3n) is 3.77. The van der Waals surface area contributed by atoms with Gasteiger partial charge in [-0.25, -0.2) is 13.8 Å². The lowest BCUT2D eigenvalue weighted by Crippen LogP contribution is -2.27. The van der Waals surface area contributed by atoms with Crippen LogP contribution >= 0.6 is 0 Å². The normalized spacial score (nSPS) is 20.5. The number of rotatable bonds is 4. The first-order valence-electron chi connectivity index (χ1n) is 7.01. The molecular weight excluding hydrogens is 290 g/mol. The Morgan fingerprint density at radius 1 is 1.23 bits per heavy atom. The minimum Gasteiger partial charge on any atom is -0.393 e. The predicted octanol–water partition coefficient (Wildman–Crippen LogP) is 2.19. The molecular formula is C15H16F2N4O. The number of hydrogen-bond acceptors (Lipinski definition) is 5. The average Bonchev–Trinajstić information content (AvgIpc) is 2.42. The fraction of sp³-hybridized carbons (Fsp3) is 0.333. The van der Waals surface area contributed by atoms with Gasteiger partial charge >= 0.3 is 0 Å².